The van der Waals surface area contributed by atoms with Gasteiger partial charge in [0.1, 0.15) is 0 Å². The number of rotatable bonds is 5. The maximum Gasteiger partial charge on any atom is 0.0623 e. The first kappa shape index (κ1) is 27.6. The van der Waals surface area contributed by atoms with Crippen LogP contribution in [0.2, 0.25) is 0 Å². The van der Waals surface area contributed by atoms with Gasteiger partial charge in [-0.15, -0.1) is 0 Å². The number of hydrogen-bond donors (Lipinski definition) is 0. The molecule has 2 heterocycles. The van der Waals surface area contributed by atoms with E-state index in [1.54, 1.807) is 0 Å². The van der Waals surface area contributed by atoms with E-state index in [2.05, 4.69) is 161 Å². The van der Waals surface area contributed by atoms with Crippen LogP contribution in [-0.4, -0.2) is 9.13 Å². The molecule has 1 aliphatic carbocycles. The number of benzene rings is 7. The number of allylic oxidation sites excluding steroid dienone is 4. The Hall–Kier alpha value is -6.38. The lowest BCUT2D eigenvalue weighted by Gasteiger charge is -2.18. The van der Waals surface area contributed by atoms with Crippen molar-refractivity contribution >= 4 is 54.9 Å². The minimum atomic E-state index is 0.527. The maximum absolute atomic E-state index is 7.84. The topological polar surface area (TPSA) is 9.86 Å². The summed E-state index contributed by atoms with van der Waals surface area (Å²) < 4.78 is 12.7. The van der Waals surface area contributed by atoms with Crippen molar-refractivity contribution in [3.05, 3.63) is 188 Å². The van der Waals surface area contributed by atoms with Gasteiger partial charge in [0, 0.05) is 32.9 Å². The van der Waals surface area contributed by atoms with Gasteiger partial charge in [0.05, 0.1) is 23.4 Å². The van der Waals surface area contributed by atoms with Gasteiger partial charge in [-0.1, -0.05) is 127 Å². The first-order chi connectivity index (χ1) is 25.2. The molecule has 236 valence electrons. The van der Waals surface area contributed by atoms with Crippen LogP contribution in [-0.2, 0) is 0 Å². The molecule has 0 saturated heterocycles. The minimum absolute atomic E-state index is 0.527. The molecular formula is C48H34N2. The molecule has 0 spiro atoms. The van der Waals surface area contributed by atoms with Crippen LogP contribution in [0.5, 0.6) is 0 Å². The van der Waals surface area contributed by atoms with E-state index in [4.69, 9.17) is 1.37 Å². The van der Waals surface area contributed by atoms with Crippen LogP contribution >= 0.6 is 0 Å². The molecule has 0 amide bonds. The first-order valence-electron chi connectivity index (χ1n) is 17.9. The van der Waals surface area contributed by atoms with Crippen molar-refractivity contribution in [2.45, 2.75) is 12.8 Å². The number of fused-ring (bicyclic) bond motifs is 6. The molecule has 0 atom stereocenters. The summed E-state index contributed by atoms with van der Waals surface area (Å²) >= 11 is 0. The van der Waals surface area contributed by atoms with Gasteiger partial charge in [-0.3, -0.25) is 0 Å². The van der Waals surface area contributed by atoms with E-state index in [0.29, 0.717) is 6.04 Å². The molecule has 0 bridgehead atoms. The fraction of sp³-hybridized carbons (Fsp3) is 0.0417. The smallest absolute Gasteiger partial charge is 0.0623 e. The standard InChI is InChI=1S/C48H34N2/c1-3-12-33(13-4-1)35-22-26-39(27-23-35)49-45-20-9-7-18-41(45)43-31-37(24-28-47(43)49)38-25-29-48-44(32-38)42-19-8-10-21-46(42)50(48)40-17-11-16-36(30-40)34-14-5-2-6-15-34/h1-10,12-16,18-32H,11,17H2/i1D. The highest BCUT2D eigenvalue weighted by molar-refractivity contribution is 6.13. The molecule has 50 heavy (non-hydrogen) atoms. The summed E-state index contributed by atoms with van der Waals surface area (Å²) in [6.45, 7) is 0. The molecule has 0 aliphatic heterocycles. The van der Waals surface area contributed by atoms with E-state index in [-0.39, 0.29) is 0 Å². The van der Waals surface area contributed by atoms with Gasteiger partial charge in [0.15, 0.2) is 0 Å². The van der Waals surface area contributed by atoms with Gasteiger partial charge < -0.3 is 9.13 Å². The Labute approximate surface area is 292 Å². The number of hydrogen-bond acceptors (Lipinski definition) is 0. The van der Waals surface area contributed by atoms with E-state index in [9.17, 15) is 0 Å². The van der Waals surface area contributed by atoms with Crippen molar-refractivity contribution in [3.63, 3.8) is 0 Å². The van der Waals surface area contributed by atoms with Gasteiger partial charge in [-0.2, -0.15) is 0 Å². The summed E-state index contributed by atoms with van der Waals surface area (Å²) in [6, 6.07) is 59.2. The SMILES string of the molecule is [2H]c1ccc(-c2ccc(-n3c4ccccc4c4cc(-c5ccc6c(c5)c5ccccc5n6C5=CC(c6ccccc6)=CCC5)ccc43)cc2)cc1. The highest BCUT2D eigenvalue weighted by atomic mass is 15.0. The summed E-state index contributed by atoms with van der Waals surface area (Å²) in [6.07, 6.45) is 6.78. The van der Waals surface area contributed by atoms with E-state index < -0.39 is 0 Å². The third kappa shape index (κ3) is 4.64. The molecule has 2 heteroatoms. The molecule has 9 aromatic rings. The second kappa shape index (κ2) is 11.6. The molecule has 0 saturated carbocycles. The Bertz CT molecular complexity index is 2830. The Kier molecular flexibility index (Phi) is 6.42. The van der Waals surface area contributed by atoms with E-state index in [1.165, 1.54) is 71.6 Å². The van der Waals surface area contributed by atoms with Crippen LogP contribution in [0.1, 0.15) is 19.8 Å². The molecule has 2 aromatic heterocycles. The lowest BCUT2D eigenvalue weighted by molar-refractivity contribution is 0.983. The van der Waals surface area contributed by atoms with Gasteiger partial charge >= 0.3 is 0 Å². The van der Waals surface area contributed by atoms with Crippen LogP contribution in [0.15, 0.2) is 182 Å². The zero-order valence-electron chi connectivity index (χ0n) is 28.6. The Morgan fingerprint density at radius 3 is 1.62 bits per heavy atom. The molecule has 7 aromatic carbocycles. The second-order valence-electron chi connectivity index (χ2n) is 13.2. The van der Waals surface area contributed by atoms with Gasteiger partial charge in [0.25, 0.3) is 0 Å². The zero-order valence-corrected chi connectivity index (χ0v) is 27.6. The number of nitrogens with zero attached hydrogens (tertiary/aromatic N) is 2. The van der Waals surface area contributed by atoms with Crippen molar-refractivity contribution in [1.82, 2.24) is 9.13 Å². The van der Waals surface area contributed by atoms with E-state index in [0.717, 1.165) is 29.7 Å². The van der Waals surface area contributed by atoms with Gasteiger partial charge in [-0.05, 0) is 101 Å². The van der Waals surface area contributed by atoms with Crippen molar-refractivity contribution in [3.8, 4) is 27.9 Å². The lowest BCUT2D eigenvalue weighted by Crippen LogP contribution is -2.01. The van der Waals surface area contributed by atoms with Crippen LogP contribution in [0.25, 0.3) is 82.8 Å². The molecule has 2 nitrogen and oxygen atoms in total. The highest BCUT2D eigenvalue weighted by Crippen LogP contribution is 2.40. The van der Waals surface area contributed by atoms with Crippen molar-refractivity contribution in [2.75, 3.05) is 0 Å². The summed E-state index contributed by atoms with van der Waals surface area (Å²) in [7, 11) is 0. The largest absolute Gasteiger partial charge is 0.313 e. The minimum Gasteiger partial charge on any atom is -0.313 e. The molecule has 0 radical (unpaired) electrons. The first-order valence-corrected chi connectivity index (χ1v) is 17.4. The summed E-state index contributed by atoms with van der Waals surface area (Å²) in [5.41, 5.74) is 14.6. The average molecular weight is 640 g/mol. The fourth-order valence-electron chi connectivity index (χ4n) is 7.97. The Morgan fingerprint density at radius 1 is 0.420 bits per heavy atom. The van der Waals surface area contributed by atoms with Crippen LogP contribution in [0.4, 0.5) is 0 Å². The summed E-state index contributed by atoms with van der Waals surface area (Å²) in [5.74, 6) is 0. The molecule has 1 aliphatic rings. The molecule has 0 N–H and O–H groups in total. The van der Waals surface area contributed by atoms with Crippen LogP contribution in [0.3, 0.4) is 0 Å². The van der Waals surface area contributed by atoms with E-state index in [1.807, 2.05) is 24.3 Å². The number of aromatic nitrogens is 2. The molecule has 10 rings (SSSR count). The van der Waals surface area contributed by atoms with Crippen molar-refractivity contribution < 1.29 is 1.37 Å². The van der Waals surface area contributed by atoms with Gasteiger partial charge in [0.2, 0.25) is 0 Å². The van der Waals surface area contributed by atoms with E-state index >= 15 is 0 Å². The summed E-state index contributed by atoms with van der Waals surface area (Å²) in [4.78, 5) is 0. The lowest BCUT2D eigenvalue weighted by atomic mass is 9.97. The monoisotopic (exact) mass is 639 g/mol. The van der Waals surface area contributed by atoms with Crippen molar-refractivity contribution in [2.24, 2.45) is 0 Å². The Morgan fingerprint density at radius 2 is 0.940 bits per heavy atom. The zero-order chi connectivity index (χ0) is 33.9. The fourth-order valence-corrected chi connectivity index (χ4v) is 7.97. The summed E-state index contributed by atoms with van der Waals surface area (Å²) in [5, 5.41) is 5.05. The Balaban J connectivity index is 1.08. The predicted molar refractivity (Wildman–Crippen MR) is 213 cm³/mol. The molecular weight excluding hydrogens is 605 g/mol. The normalized spacial score (nSPS) is 13.6. The predicted octanol–water partition coefficient (Wildman–Crippen LogP) is 12.9. The second-order valence-corrected chi connectivity index (χ2v) is 13.2. The van der Waals surface area contributed by atoms with Crippen LogP contribution < -0.4 is 0 Å². The van der Waals surface area contributed by atoms with Crippen molar-refractivity contribution in [1.29, 1.82) is 0 Å². The number of para-hydroxylation sites is 2. The third-order valence-electron chi connectivity index (χ3n) is 10.3. The maximum atomic E-state index is 7.84. The highest BCUT2D eigenvalue weighted by Gasteiger charge is 2.18. The average Bonchev–Trinajstić information content (AvgIpc) is 3.71. The quantitative estimate of drug-likeness (QED) is 0.177. The van der Waals surface area contributed by atoms with Crippen LogP contribution in [0, 0.1) is 0 Å². The molecule has 0 fully saturated rings. The van der Waals surface area contributed by atoms with Gasteiger partial charge in [-0.25, -0.2) is 0 Å². The molecule has 0 unspecified atom stereocenters. The third-order valence-corrected chi connectivity index (χ3v) is 10.3.